The van der Waals surface area contributed by atoms with E-state index in [1.807, 2.05) is 24.3 Å². The number of nitrogens with zero attached hydrogens (tertiary/aromatic N) is 2. The molecule has 0 aliphatic rings. The lowest BCUT2D eigenvalue weighted by atomic mass is 10.2. The maximum atomic E-state index is 12.1. The Bertz CT molecular complexity index is 643. The third-order valence-corrected chi connectivity index (χ3v) is 3.52. The molecule has 0 spiro atoms. The first-order chi connectivity index (χ1) is 11.1. The van der Waals surface area contributed by atoms with Crippen LogP contribution in [0.3, 0.4) is 0 Å². The second-order valence-corrected chi connectivity index (χ2v) is 5.24. The first kappa shape index (κ1) is 16.7. The van der Waals surface area contributed by atoms with Gasteiger partial charge >= 0.3 is 0 Å². The SMILES string of the molecule is CCC(C)Nc1cnc(C(=O)NCc2ccccc2OC)cn1. The zero-order valence-electron chi connectivity index (χ0n) is 13.7. The first-order valence-electron chi connectivity index (χ1n) is 7.62. The summed E-state index contributed by atoms with van der Waals surface area (Å²) in [6.45, 7) is 4.53. The number of anilines is 1. The molecule has 122 valence electrons. The van der Waals surface area contributed by atoms with Crippen molar-refractivity contribution in [2.45, 2.75) is 32.9 Å². The van der Waals surface area contributed by atoms with Crippen LogP contribution in [-0.2, 0) is 6.54 Å². The summed E-state index contributed by atoms with van der Waals surface area (Å²) in [5, 5.41) is 6.03. The average Bonchev–Trinajstić information content (AvgIpc) is 2.60. The highest BCUT2D eigenvalue weighted by Gasteiger charge is 2.10. The van der Waals surface area contributed by atoms with Crippen molar-refractivity contribution in [3.05, 3.63) is 47.9 Å². The molecule has 2 aromatic rings. The molecule has 0 saturated carbocycles. The van der Waals surface area contributed by atoms with Crippen LogP contribution in [0.5, 0.6) is 5.75 Å². The highest BCUT2D eigenvalue weighted by molar-refractivity contribution is 5.92. The summed E-state index contributed by atoms with van der Waals surface area (Å²) < 4.78 is 5.26. The van der Waals surface area contributed by atoms with Gasteiger partial charge in [-0.3, -0.25) is 4.79 Å². The van der Waals surface area contributed by atoms with Gasteiger partial charge in [0.15, 0.2) is 0 Å². The van der Waals surface area contributed by atoms with Crippen LogP contribution in [0.4, 0.5) is 5.82 Å². The number of amides is 1. The fourth-order valence-electron chi connectivity index (χ4n) is 1.99. The monoisotopic (exact) mass is 314 g/mol. The van der Waals surface area contributed by atoms with Crippen LogP contribution >= 0.6 is 0 Å². The van der Waals surface area contributed by atoms with Crippen LogP contribution in [0, 0.1) is 0 Å². The van der Waals surface area contributed by atoms with E-state index in [1.54, 1.807) is 13.3 Å². The third kappa shape index (κ3) is 4.67. The smallest absolute Gasteiger partial charge is 0.271 e. The Hall–Kier alpha value is -2.63. The summed E-state index contributed by atoms with van der Waals surface area (Å²) >= 11 is 0. The predicted octanol–water partition coefficient (Wildman–Crippen LogP) is 2.63. The summed E-state index contributed by atoms with van der Waals surface area (Å²) in [5.41, 5.74) is 1.20. The van der Waals surface area contributed by atoms with Crippen molar-refractivity contribution in [1.82, 2.24) is 15.3 Å². The minimum Gasteiger partial charge on any atom is -0.496 e. The highest BCUT2D eigenvalue weighted by atomic mass is 16.5. The lowest BCUT2D eigenvalue weighted by Crippen LogP contribution is -2.24. The zero-order valence-corrected chi connectivity index (χ0v) is 13.7. The quantitative estimate of drug-likeness (QED) is 0.821. The number of para-hydroxylation sites is 1. The fraction of sp³-hybridized carbons (Fsp3) is 0.353. The molecular formula is C17H22N4O2. The minimum absolute atomic E-state index is 0.265. The van der Waals surface area contributed by atoms with Crippen LogP contribution in [0.25, 0.3) is 0 Å². The van der Waals surface area contributed by atoms with E-state index in [2.05, 4.69) is 34.4 Å². The lowest BCUT2D eigenvalue weighted by molar-refractivity contribution is 0.0945. The van der Waals surface area contributed by atoms with Gasteiger partial charge in [-0.1, -0.05) is 25.1 Å². The van der Waals surface area contributed by atoms with Gasteiger partial charge in [0.2, 0.25) is 0 Å². The molecule has 1 heterocycles. The molecule has 6 nitrogen and oxygen atoms in total. The Morgan fingerprint density at radius 1 is 1.26 bits per heavy atom. The second-order valence-electron chi connectivity index (χ2n) is 5.24. The highest BCUT2D eigenvalue weighted by Crippen LogP contribution is 2.16. The van der Waals surface area contributed by atoms with E-state index in [0.717, 1.165) is 17.7 Å². The molecule has 1 amide bonds. The molecule has 0 aliphatic heterocycles. The Labute approximate surface area is 136 Å². The summed E-state index contributed by atoms with van der Waals surface area (Å²) in [4.78, 5) is 20.5. The van der Waals surface area contributed by atoms with Gasteiger partial charge < -0.3 is 15.4 Å². The second kappa shape index (κ2) is 8.12. The molecule has 2 rings (SSSR count). The molecule has 0 fully saturated rings. The number of methoxy groups -OCH3 is 1. The molecule has 1 atom stereocenters. The van der Waals surface area contributed by atoms with Gasteiger partial charge in [0.1, 0.15) is 17.3 Å². The van der Waals surface area contributed by atoms with Crippen molar-refractivity contribution in [2.24, 2.45) is 0 Å². The molecule has 0 radical (unpaired) electrons. The van der Waals surface area contributed by atoms with Crippen LogP contribution in [0.2, 0.25) is 0 Å². The Kier molecular flexibility index (Phi) is 5.91. The number of nitrogens with one attached hydrogen (secondary N) is 2. The number of ether oxygens (including phenoxy) is 1. The van der Waals surface area contributed by atoms with Crippen molar-refractivity contribution in [3.63, 3.8) is 0 Å². The number of carbonyl (C=O) groups is 1. The molecule has 1 aromatic heterocycles. The van der Waals surface area contributed by atoms with Crippen molar-refractivity contribution in [1.29, 1.82) is 0 Å². The number of hydrogen-bond donors (Lipinski definition) is 2. The summed E-state index contributed by atoms with van der Waals surface area (Å²) in [6.07, 6.45) is 4.04. The van der Waals surface area contributed by atoms with E-state index in [-0.39, 0.29) is 11.6 Å². The largest absolute Gasteiger partial charge is 0.496 e. The minimum atomic E-state index is -0.265. The van der Waals surface area contributed by atoms with Gasteiger partial charge in [0, 0.05) is 18.2 Å². The number of hydrogen-bond acceptors (Lipinski definition) is 5. The van der Waals surface area contributed by atoms with Crippen LogP contribution in [0.15, 0.2) is 36.7 Å². The number of aromatic nitrogens is 2. The van der Waals surface area contributed by atoms with Gasteiger partial charge in [-0.25, -0.2) is 9.97 Å². The Balaban J connectivity index is 1.95. The molecule has 0 saturated heterocycles. The van der Waals surface area contributed by atoms with Crippen molar-refractivity contribution >= 4 is 11.7 Å². The normalized spacial score (nSPS) is 11.6. The molecule has 0 aliphatic carbocycles. The van der Waals surface area contributed by atoms with Crippen LogP contribution in [0.1, 0.15) is 36.3 Å². The third-order valence-electron chi connectivity index (χ3n) is 3.52. The van der Waals surface area contributed by atoms with Gasteiger partial charge in [-0.05, 0) is 19.4 Å². The molecule has 23 heavy (non-hydrogen) atoms. The molecule has 2 N–H and O–H groups in total. The van der Waals surface area contributed by atoms with Crippen LogP contribution < -0.4 is 15.4 Å². The van der Waals surface area contributed by atoms with Gasteiger partial charge in [0.05, 0.1) is 19.5 Å². The van der Waals surface area contributed by atoms with E-state index >= 15 is 0 Å². The summed E-state index contributed by atoms with van der Waals surface area (Å²) in [6, 6.07) is 7.87. The van der Waals surface area contributed by atoms with E-state index in [0.29, 0.717) is 18.4 Å². The van der Waals surface area contributed by atoms with Crippen molar-refractivity contribution < 1.29 is 9.53 Å². The molecule has 1 aromatic carbocycles. The summed E-state index contributed by atoms with van der Waals surface area (Å²) in [5.74, 6) is 1.14. The van der Waals surface area contributed by atoms with Crippen molar-refractivity contribution in [2.75, 3.05) is 12.4 Å². The van der Waals surface area contributed by atoms with Gasteiger partial charge in [-0.15, -0.1) is 0 Å². The van der Waals surface area contributed by atoms with E-state index in [9.17, 15) is 4.79 Å². The summed E-state index contributed by atoms with van der Waals surface area (Å²) in [7, 11) is 1.61. The molecule has 1 unspecified atom stereocenters. The van der Waals surface area contributed by atoms with E-state index in [4.69, 9.17) is 4.74 Å². The van der Waals surface area contributed by atoms with Gasteiger partial charge in [-0.2, -0.15) is 0 Å². The maximum absolute atomic E-state index is 12.1. The molecular weight excluding hydrogens is 292 g/mol. The topological polar surface area (TPSA) is 76.1 Å². The maximum Gasteiger partial charge on any atom is 0.271 e. The zero-order chi connectivity index (χ0) is 16.7. The fourth-order valence-corrected chi connectivity index (χ4v) is 1.99. The van der Waals surface area contributed by atoms with E-state index < -0.39 is 0 Å². The standard InChI is InChI=1S/C17H22N4O2/c1-4-12(2)21-16-11-18-14(10-19-16)17(22)20-9-13-7-5-6-8-15(13)23-3/h5-8,10-12H,4,9H2,1-3H3,(H,19,21)(H,20,22). The Morgan fingerprint density at radius 2 is 2.04 bits per heavy atom. The number of benzene rings is 1. The van der Waals surface area contributed by atoms with E-state index in [1.165, 1.54) is 6.20 Å². The molecule has 0 bridgehead atoms. The van der Waals surface area contributed by atoms with Gasteiger partial charge in [0.25, 0.3) is 5.91 Å². The lowest BCUT2D eigenvalue weighted by Gasteiger charge is -2.12. The number of rotatable bonds is 7. The Morgan fingerprint density at radius 3 is 2.70 bits per heavy atom. The van der Waals surface area contributed by atoms with Crippen molar-refractivity contribution in [3.8, 4) is 5.75 Å². The van der Waals surface area contributed by atoms with Crippen LogP contribution in [-0.4, -0.2) is 29.0 Å². The average molecular weight is 314 g/mol. The first-order valence-corrected chi connectivity index (χ1v) is 7.62. The molecule has 6 heteroatoms. The predicted molar refractivity (Wildman–Crippen MR) is 89.6 cm³/mol. The number of carbonyl (C=O) groups excluding carboxylic acids is 1.